The number of rotatable bonds is 3. The molecule has 0 radical (unpaired) electrons. The second kappa shape index (κ2) is 5.61. The number of nitrogens with zero attached hydrogens (tertiary/aromatic N) is 1. The van der Waals surface area contributed by atoms with E-state index in [4.69, 9.17) is 4.74 Å². The monoisotopic (exact) mass is 248 g/mol. The maximum absolute atomic E-state index is 5.28. The normalized spacial score (nSPS) is 24.1. The minimum absolute atomic E-state index is 0.550. The van der Waals surface area contributed by atoms with Gasteiger partial charge in [0.1, 0.15) is 5.75 Å². The summed E-state index contributed by atoms with van der Waals surface area (Å²) in [5.41, 5.74) is 2.64. The van der Waals surface area contributed by atoms with Gasteiger partial charge >= 0.3 is 0 Å². The molecule has 2 rings (SSSR count). The molecule has 3 nitrogen and oxygen atoms in total. The lowest BCUT2D eigenvalue weighted by Crippen LogP contribution is -2.55. The molecule has 100 valence electrons. The van der Waals surface area contributed by atoms with E-state index in [2.05, 4.69) is 49.2 Å². The van der Waals surface area contributed by atoms with E-state index in [0.717, 1.165) is 18.8 Å². The number of hydrogen-bond donors (Lipinski definition) is 1. The number of nitrogens with one attached hydrogen (secondary N) is 1. The molecule has 0 aliphatic carbocycles. The number of piperazine rings is 1. The van der Waals surface area contributed by atoms with Crippen molar-refractivity contribution in [1.29, 1.82) is 0 Å². The first-order valence-corrected chi connectivity index (χ1v) is 6.80. The van der Waals surface area contributed by atoms with Gasteiger partial charge in [0.05, 0.1) is 7.11 Å². The highest BCUT2D eigenvalue weighted by Crippen LogP contribution is 2.28. The molecule has 1 aromatic rings. The lowest BCUT2D eigenvalue weighted by molar-refractivity contribution is 0.400. The van der Waals surface area contributed by atoms with Crippen molar-refractivity contribution in [2.75, 3.05) is 25.1 Å². The molecule has 0 saturated carbocycles. The molecule has 18 heavy (non-hydrogen) atoms. The summed E-state index contributed by atoms with van der Waals surface area (Å²) in [4.78, 5) is 2.54. The Bertz CT molecular complexity index is 405. The molecule has 0 spiro atoms. The Balaban J connectivity index is 2.27. The predicted octanol–water partition coefficient (Wildman–Crippen LogP) is 2.58. The van der Waals surface area contributed by atoms with Gasteiger partial charge in [-0.05, 0) is 44.0 Å². The van der Waals surface area contributed by atoms with E-state index in [9.17, 15) is 0 Å². The molecule has 1 N–H and O–H groups in total. The number of aryl methyl sites for hydroxylation is 1. The largest absolute Gasteiger partial charge is 0.497 e. The Kier molecular flexibility index (Phi) is 4.12. The molecule has 3 heteroatoms. The fourth-order valence-corrected chi connectivity index (χ4v) is 2.69. The molecule has 2 atom stereocenters. The van der Waals surface area contributed by atoms with Crippen LogP contribution >= 0.6 is 0 Å². The number of ether oxygens (including phenoxy) is 1. The van der Waals surface area contributed by atoms with Gasteiger partial charge in [-0.25, -0.2) is 0 Å². The summed E-state index contributed by atoms with van der Waals surface area (Å²) in [5.74, 6) is 0.937. The average molecular weight is 248 g/mol. The SMILES string of the molecule is CCC1CNC(C)CN1c1ccc(OC)cc1C. The number of benzene rings is 1. The topological polar surface area (TPSA) is 24.5 Å². The van der Waals surface area contributed by atoms with Gasteiger partial charge in [0, 0.05) is 30.9 Å². The highest BCUT2D eigenvalue weighted by atomic mass is 16.5. The second-order valence-electron chi connectivity index (χ2n) is 5.18. The smallest absolute Gasteiger partial charge is 0.119 e. The van der Waals surface area contributed by atoms with Gasteiger partial charge in [0.15, 0.2) is 0 Å². The molecule has 0 bridgehead atoms. The molecule has 1 aliphatic heterocycles. The maximum atomic E-state index is 5.28. The van der Waals surface area contributed by atoms with Crippen molar-refractivity contribution in [2.24, 2.45) is 0 Å². The zero-order valence-electron chi connectivity index (χ0n) is 11.9. The van der Waals surface area contributed by atoms with E-state index >= 15 is 0 Å². The summed E-state index contributed by atoms with van der Waals surface area (Å²) >= 11 is 0. The molecule has 1 fully saturated rings. The summed E-state index contributed by atoms with van der Waals surface area (Å²) in [7, 11) is 1.72. The summed E-state index contributed by atoms with van der Waals surface area (Å²) in [6, 6.07) is 7.51. The first kappa shape index (κ1) is 13.2. The highest BCUT2D eigenvalue weighted by molar-refractivity contribution is 5.57. The van der Waals surface area contributed by atoms with E-state index in [1.54, 1.807) is 7.11 Å². The van der Waals surface area contributed by atoms with Crippen LogP contribution < -0.4 is 15.0 Å². The summed E-state index contributed by atoms with van der Waals surface area (Å²) in [5, 5.41) is 3.56. The fourth-order valence-electron chi connectivity index (χ4n) is 2.69. The highest BCUT2D eigenvalue weighted by Gasteiger charge is 2.25. The van der Waals surface area contributed by atoms with E-state index in [1.165, 1.54) is 17.7 Å². The minimum Gasteiger partial charge on any atom is -0.497 e. The Morgan fingerprint density at radius 2 is 2.22 bits per heavy atom. The van der Waals surface area contributed by atoms with Gasteiger partial charge < -0.3 is 15.0 Å². The van der Waals surface area contributed by atoms with Gasteiger partial charge in [-0.15, -0.1) is 0 Å². The van der Waals surface area contributed by atoms with Crippen molar-refractivity contribution in [2.45, 2.75) is 39.3 Å². The van der Waals surface area contributed by atoms with Crippen LogP contribution in [0.3, 0.4) is 0 Å². The van der Waals surface area contributed by atoms with Crippen molar-refractivity contribution >= 4 is 5.69 Å². The Hall–Kier alpha value is -1.22. The number of anilines is 1. The van der Waals surface area contributed by atoms with Crippen LogP contribution in [-0.4, -0.2) is 32.3 Å². The molecule has 1 saturated heterocycles. The summed E-state index contributed by atoms with van der Waals surface area (Å²) in [6.07, 6.45) is 1.17. The Morgan fingerprint density at radius 1 is 1.44 bits per heavy atom. The second-order valence-corrected chi connectivity index (χ2v) is 5.18. The minimum atomic E-state index is 0.550. The van der Waals surface area contributed by atoms with Gasteiger partial charge in [-0.3, -0.25) is 0 Å². The van der Waals surface area contributed by atoms with E-state index in [-0.39, 0.29) is 0 Å². The summed E-state index contributed by atoms with van der Waals surface area (Å²) < 4.78 is 5.28. The zero-order valence-corrected chi connectivity index (χ0v) is 11.9. The van der Waals surface area contributed by atoms with Crippen molar-refractivity contribution in [3.63, 3.8) is 0 Å². The van der Waals surface area contributed by atoms with Crippen LogP contribution in [0.5, 0.6) is 5.75 Å². The standard InChI is InChI=1S/C15H24N2O/c1-5-13-9-16-12(3)10-17(13)15-7-6-14(18-4)8-11(15)2/h6-8,12-13,16H,5,9-10H2,1-4H3. The molecular weight excluding hydrogens is 224 g/mol. The van der Waals surface area contributed by atoms with E-state index in [0.29, 0.717) is 12.1 Å². The van der Waals surface area contributed by atoms with Crippen molar-refractivity contribution in [1.82, 2.24) is 5.32 Å². The van der Waals surface area contributed by atoms with E-state index < -0.39 is 0 Å². The molecule has 1 aromatic carbocycles. The van der Waals surface area contributed by atoms with Crippen LogP contribution in [0.1, 0.15) is 25.8 Å². The molecule has 0 aromatic heterocycles. The van der Waals surface area contributed by atoms with E-state index in [1.807, 2.05) is 0 Å². The number of hydrogen-bond acceptors (Lipinski definition) is 3. The quantitative estimate of drug-likeness (QED) is 0.890. The molecule has 2 unspecified atom stereocenters. The first-order valence-electron chi connectivity index (χ1n) is 6.80. The molecular formula is C15H24N2O. The number of methoxy groups -OCH3 is 1. The third kappa shape index (κ3) is 2.61. The maximum Gasteiger partial charge on any atom is 0.119 e. The van der Waals surface area contributed by atoms with Crippen LogP contribution in [0.4, 0.5) is 5.69 Å². The van der Waals surface area contributed by atoms with Crippen molar-refractivity contribution in [3.05, 3.63) is 23.8 Å². The van der Waals surface area contributed by atoms with Crippen molar-refractivity contribution in [3.8, 4) is 5.75 Å². The van der Waals surface area contributed by atoms with Crippen LogP contribution in [0.25, 0.3) is 0 Å². The lowest BCUT2D eigenvalue weighted by Gasteiger charge is -2.41. The van der Waals surface area contributed by atoms with Crippen LogP contribution in [0.2, 0.25) is 0 Å². The van der Waals surface area contributed by atoms with Crippen LogP contribution in [0, 0.1) is 6.92 Å². The van der Waals surface area contributed by atoms with Gasteiger partial charge in [-0.1, -0.05) is 6.92 Å². The zero-order chi connectivity index (χ0) is 13.1. The van der Waals surface area contributed by atoms with Crippen LogP contribution in [-0.2, 0) is 0 Å². The fraction of sp³-hybridized carbons (Fsp3) is 0.600. The van der Waals surface area contributed by atoms with Crippen LogP contribution in [0.15, 0.2) is 18.2 Å². The van der Waals surface area contributed by atoms with Gasteiger partial charge in [-0.2, -0.15) is 0 Å². The third-order valence-corrected chi connectivity index (χ3v) is 3.80. The first-order chi connectivity index (χ1) is 8.65. The lowest BCUT2D eigenvalue weighted by atomic mass is 10.0. The molecule has 1 aliphatic rings. The Morgan fingerprint density at radius 3 is 2.83 bits per heavy atom. The third-order valence-electron chi connectivity index (χ3n) is 3.80. The Labute approximate surface area is 110 Å². The average Bonchev–Trinajstić information content (AvgIpc) is 2.38. The van der Waals surface area contributed by atoms with Crippen molar-refractivity contribution < 1.29 is 4.74 Å². The molecule has 1 heterocycles. The molecule has 0 amide bonds. The predicted molar refractivity (Wildman–Crippen MR) is 76.6 cm³/mol. The summed E-state index contributed by atoms with van der Waals surface area (Å²) in [6.45, 7) is 8.82. The van der Waals surface area contributed by atoms with Gasteiger partial charge in [0.25, 0.3) is 0 Å². The van der Waals surface area contributed by atoms with Gasteiger partial charge in [0.2, 0.25) is 0 Å².